The Labute approximate surface area is 159 Å². The maximum absolute atomic E-state index is 13.1. The molecule has 0 aliphatic heterocycles. The molecule has 2 aromatic rings. The lowest BCUT2D eigenvalue weighted by Gasteiger charge is -2.12. The van der Waals surface area contributed by atoms with E-state index in [1.54, 1.807) is 19.2 Å². The van der Waals surface area contributed by atoms with Gasteiger partial charge in [0.05, 0.1) is 7.11 Å². The number of allylic oxidation sites excluding steroid dienone is 1. The first-order valence-corrected chi connectivity index (χ1v) is 8.87. The highest BCUT2D eigenvalue weighted by Crippen LogP contribution is 2.26. The topological polar surface area (TPSA) is 35.5 Å². The zero-order valence-corrected chi connectivity index (χ0v) is 15.8. The first-order valence-electron chi connectivity index (χ1n) is 8.87. The van der Waals surface area contributed by atoms with Gasteiger partial charge in [-0.05, 0) is 61.4 Å². The van der Waals surface area contributed by atoms with Crippen molar-refractivity contribution >= 4 is 11.7 Å². The van der Waals surface area contributed by atoms with E-state index in [0.29, 0.717) is 23.5 Å². The number of methoxy groups -OCH3 is 1. The van der Waals surface area contributed by atoms with Gasteiger partial charge in [-0.1, -0.05) is 25.2 Å². The standard InChI is InChI=1S/C23H23FO3/c1-4-5-6-19(10-7-18-8-13-21(24)14-9-18)23(27-17(2)25)20-11-15-22(26-3)16-12-20/h8-9,11-16H,4-6H2,1-3H3/b23-19+. The van der Waals surface area contributed by atoms with E-state index in [-0.39, 0.29) is 5.82 Å². The second-order valence-corrected chi connectivity index (χ2v) is 5.99. The van der Waals surface area contributed by atoms with Crippen LogP contribution in [-0.4, -0.2) is 13.1 Å². The van der Waals surface area contributed by atoms with Crippen LogP contribution in [0.3, 0.4) is 0 Å². The highest BCUT2D eigenvalue weighted by molar-refractivity contribution is 5.79. The summed E-state index contributed by atoms with van der Waals surface area (Å²) in [6.45, 7) is 3.46. The Hall–Kier alpha value is -3.06. The van der Waals surface area contributed by atoms with E-state index in [9.17, 15) is 9.18 Å². The quantitative estimate of drug-likeness (QED) is 0.393. The molecule has 2 rings (SSSR count). The molecule has 4 heteroatoms. The molecule has 27 heavy (non-hydrogen) atoms. The van der Waals surface area contributed by atoms with E-state index in [0.717, 1.165) is 24.0 Å². The number of halogens is 1. The Kier molecular flexibility index (Phi) is 7.63. The number of ether oxygens (including phenoxy) is 2. The molecule has 0 aliphatic carbocycles. The lowest BCUT2D eigenvalue weighted by atomic mass is 10.0. The average Bonchev–Trinajstić information content (AvgIpc) is 2.68. The van der Waals surface area contributed by atoms with Crippen molar-refractivity contribution in [2.45, 2.75) is 33.1 Å². The predicted octanol–water partition coefficient (Wildman–Crippen LogP) is 5.35. The number of esters is 1. The number of hydrogen-bond donors (Lipinski definition) is 0. The molecule has 0 saturated carbocycles. The van der Waals surface area contributed by atoms with Crippen molar-refractivity contribution in [2.24, 2.45) is 0 Å². The van der Waals surface area contributed by atoms with Gasteiger partial charge in [-0.2, -0.15) is 0 Å². The van der Waals surface area contributed by atoms with E-state index < -0.39 is 5.97 Å². The van der Waals surface area contributed by atoms with Gasteiger partial charge in [0.15, 0.2) is 0 Å². The molecule has 0 aromatic heterocycles. The molecular formula is C23H23FO3. The highest BCUT2D eigenvalue weighted by atomic mass is 19.1. The van der Waals surface area contributed by atoms with Crippen molar-refractivity contribution in [3.8, 4) is 17.6 Å². The van der Waals surface area contributed by atoms with E-state index >= 15 is 0 Å². The Morgan fingerprint density at radius 3 is 2.30 bits per heavy atom. The van der Waals surface area contributed by atoms with E-state index in [1.165, 1.54) is 19.1 Å². The molecule has 0 aliphatic rings. The minimum Gasteiger partial charge on any atom is -0.497 e. The van der Waals surface area contributed by atoms with Gasteiger partial charge in [0.2, 0.25) is 0 Å². The van der Waals surface area contributed by atoms with Crippen LogP contribution in [0.1, 0.15) is 44.2 Å². The summed E-state index contributed by atoms with van der Waals surface area (Å²) >= 11 is 0. The summed E-state index contributed by atoms with van der Waals surface area (Å²) in [6, 6.07) is 13.3. The summed E-state index contributed by atoms with van der Waals surface area (Å²) in [5.41, 5.74) is 2.19. The average molecular weight is 366 g/mol. The van der Waals surface area contributed by atoms with Gasteiger partial charge in [-0.3, -0.25) is 4.79 Å². The smallest absolute Gasteiger partial charge is 0.308 e. The van der Waals surface area contributed by atoms with Crippen molar-refractivity contribution in [3.63, 3.8) is 0 Å². The molecule has 2 aromatic carbocycles. The van der Waals surface area contributed by atoms with E-state index in [2.05, 4.69) is 18.8 Å². The van der Waals surface area contributed by atoms with Gasteiger partial charge >= 0.3 is 5.97 Å². The molecule has 0 heterocycles. The fraction of sp³-hybridized carbons (Fsp3) is 0.261. The maximum atomic E-state index is 13.1. The Bertz CT molecular complexity index is 853. The van der Waals surface area contributed by atoms with E-state index in [1.807, 2.05) is 24.3 Å². The van der Waals surface area contributed by atoms with Crippen LogP contribution in [-0.2, 0) is 9.53 Å². The number of unbranched alkanes of at least 4 members (excludes halogenated alkanes) is 1. The minimum atomic E-state index is -0.404. The Morgan fingerprint density at radius 2 is 1.74 bits per heavy atom. The van der Waals surface area contributed by atoms with Gasteiger partial charge in [-0.15, -0.1) is 0 Å². The second kappa shape index (κ2) is 10.2. The van der Waals surface area contributed by atoms with Crippen molar-refractivity contribution in [1.29, 1.82) is 0 Å². The highest BCUT2D eigenvalue weighted by Gasteiger charge is 2.12. The molecule has 3 nitrogen and oxygen atoms in total. The molecule has 0 fully saturated rings. The Morgan fingerprint density at radius 1 is 1.07 bits per heavy atom. The number of benzene rings is 2. The molecule has 0 N–H and O–H groups in total. The SMILES string of the molecule is CCCC/C(C#Cc1ccc(F)cc1)=C(\OC(C)=O)c1ccc(OC)cc1. The summed E-state index contributed by atoms with van der Waals surface area (Å²) in [5.74, 6) is 6.62. The third kappa shape index (κ3) is 6.31. The fourth-order valence-corrected chi connectivity index (χ4v) is 2.45. The van der Waals surface area contributed by atoms with Crippen LogP contribution >= 0.6 is 0 Å². The lowest BCUT2D eigenvalue weighted by Crippen LogP contribution is -2.02. The number of rotatable bonds is 6. The summed E-state index contributed by atoms with van der Waals surface area (Å²) in [4.78, 5) is 11.7. The van der Waals surface area contributed by atoms with Gasteiger partial charge in [-0.25, -0.2) is 4.39 Å². The van der Waals surface area contributed by atoms with Gasteiger partial charge in [0.25, 0.3) is 0 Å². The molecule has 0 atom stereocenters. The van der Waals surface area contributed by atoms with Crippen LogP contribution < -0.4 is 4.74 Å². The third-order valence-corrected chi connectivity index (χ3v) is 3.85. The number of carbonyl (C=O) groups excluding carboxylic acids is 1. The molecule has 0 radical (unpaired) electrons. The predicted molar refractivity (Wildman–Crippen MR) is 104 cm³/mol. The van der Waals surface area contributed by atoms with Crippen LogP contribution in [0.15, 0.2) is 54.1 Å². The van der Waals surface area contributed by atoms with Crippen LogP contribution in [0.25, 0.3) is 5.76 Å². The van der Waals surface area contributed by atoms with Crippen LogP contribution in [0.2, 0.25) is 0 Å². The summed E-state index contributed by atoms with van der Waals surface area (Å²) in [5, 5.41) is 0. The molecule has 0 spiro atoms. The minimum absolute atomic E-state index is 0.305. The summed E-state index contributed by atoms with van der Waals surface area (Å²) in [6.07, 6.45) is 2.57. The van der Waals surface area contributed by atoms with Crippen LogP contribution in [0.4, 0.5) is 4.39 Å². The van der Waals surface area contributed by atoms with Crippen molar-refractivity contribution < 1.29 is 18.7 Å². The van der Waals surface area contributed by atoms with E-state index in [4.69, 9.17) is 9.47 Å². The monoisotopic (exact) mass is 366 g/mol. The third-order valence-electron chi connectivity index (χ3n) is 3.85. The van der Waals surface area contributed by atoms with Gasteiger partial charge in [0, 0.05) is 23.6 Å². The summed E-state index contributed by atoms with van der Waals surface area (Å²) < 4.78 is 23.8. The van der Waals surface area contributed by atoms with Crippen LogP contribution in [0, 0.1) is 17.7 Å². The molecule has 0 saturated heterocycles. The molecular weight excluding hydrogens is 343 g/mol. The maximum Gasteiger partial charge on any atom is 0.308 e. The molecule has 140 valence electrons. The zero-order valence-electron chi connectivity index (χ0n) is 15.8. The normalized spacial score (nSPS) is 11.1. The first kappa shape index (κ1) is 20.3. The number of hydrogen-bond acceptors (Lipinski definition) is 3. The lowest BCUT2D eigenvalue weighted by molar-refractivity contribution is -0.134. The van der Waals surface area contributed by atoms with Crippen molar-refractivity contribution in [2.75, 3.05) is 7.11 Å². The Balaban J connectivity index is 2.50. The molecule has 0 bridgehead atoms. The summed E-state index contributed by atoms with van der Waals surface area (Å²) in [7, 11) is 1.60. The fourth-order valence-electron chi connectivity index (χ4n) is 2.45. The largest absolute Gasteiger partial charge is 0.497 e. The van der Waals surface area contributed by atoms with Gasteiger partial charge in [0.1, 0.15) is 17.3 Å². The van der Waals surface area contributed by atoms with Gasteiger partial charge < -0.3 is 9.47 Å². The molecule has 0 amide bonds. The molecule has 0 unspecified atom stereocenters. The van der Waals surface area contributed by atoms with Crippen molar-refractivity contribution in [1.82, 2.24) is 0 Å². The first-order chi connectivity index (χ1) is 13.0. The zero-order chi connectivity index (χ0) is 19.6. The van der Waals surface area contributed by atoms with Crippen LogP contribution in [0.5, 0.6) is 5.75 Å². The second-order valence-electron chi connectivity index (χ2n) is 5.99. The van der Waals surface area contributed by atoms with Crippen molar-refractivity contribution in [3.05, 3.63) is 71.0 Å². The number of carbonyl (C=O) groups is 1.